The van der Waals surface area contributed by atoms with Gasteiger partial charge in [-0.1, -0.05) is 32.0 Å². The van der Waals surface area contributed by atoms with Crippen molar-refractivity contribution in [1.82, 2.24) is 15.4 Å². The number of nitrogens with one attached hydrogen (secondary N) is 2. The Morgan fingerprint density at radius 1 is 0.969 bits per heavy atom. The topological polar surface area (TPSA) is 48.1 Å². The van der Waals surface area contributed by atoms with Gasteiger partial charge in [0.05, 0.1) is 17.3 Å². The number of hydrogen-bond acceptors (Lipinski definition) is 4. The first-order valence-electron chi connectivity index (χ1n) is 11.3. The zero-order chi connectivity index (χ0) is 22.5. The van der Waals surface area contributed by atoms with E-state index in [1.54, 1.807) is 11.8 Å². The van der Waals surface area contributed by atoms with E-state index in [9.17, 15) is 0 Å². The first kappa shape index (κ1) is 22.4. The zero-order valence-electron chi connectivity index (χ0n) is 19.4. The van der Waals surface area contributed by atoms with E-state index in [4.69, 9.17) is 4.98 Å². The number of H-pyrrole nitrogens is 1. The Kier molecular flexibility index (Phi) is 7.12. The lowest BCUT2D eigenvalue weighted by molar-refractivity contribution is -0.578. The molecule has 6 heteroatoms. The Morgan fingerprint density at radius 3 is 2.44 bits per heavy atom. The summed E-state index contributed by atoms with van der Waals surface area (Å²) in [5.41, 5.74) is 8.11. The number of benzene rings is 2. The third-order valence-electron chi connectivity index (χ3n) is 5.83. The molecule has 3 heterocycles. The Hall–Kier alpha value is -2.83. The number of piperazine rings is 1. The van der Waals surface area contributed by atoms with Gasteiger partial charge >= 0.3 is 5.65 Å². The molecule has 5 nitrogen and oxygen atoms in total. The number of aromatic amines is 1. The molecule has 1 saturated heterocycles. The van der Waals surface area contributed by atoms with E-state index in [0.29, 0.717) is 0 Å². The number of aryl methyl sites for hydroxylation is 1. The Bertz CT molecular complexity index is 1180. The molecule has 0 unspecified atom stereocenters. The van der Waals surface area contributed by atoms with Gasteiger partial charge in [-0.25, -0.2) is 5.10 Å². The Labute approximate surface area is 194 Å². The van der Waals surface area contributed by atoms with Gasteiger partial charge < -0.3 is 10.2 Å². The lowest BCUT2D eigenvalue weighted by Gasteiger charge is -2.29. The van der Waals surface area contributed by atoms with Crippen LogP contribution >= 0.6 is 11.8 Å². The predicted molar refractivity (Wildman–Crippen MR) is 136 cm³/mol. The number of aromatic nitrogens is 3. The van der Waals surface area contributed by atoms with Crippen LogP contribution in [0.3, 0.4) is 0 Å². The standard InChI is InChI=1S/C24H25N5S.C2H6/c1-17-3-8-21(30-2)13-22(17)23-15-27-29-16-19(14-26-24(23)29)18-4-6-20(7-5-18)28-11-9-25-10-12-28;1-2/h3-8,13-16,25H,9-12H2,1-2H3;1-2H3/p+1. The zero-order valence-corrected chi connectivity index (χ0v) is 20.2. The van der Waals surface area contributed by atoms with Crippen molar-refractivity contribution in [2.24, 2.45) is 0 Å². The van der Waals surface area contributed by atoms with E-state index in [1.807, 2.05) is 30.8 Å². The van der Waals surface area contributed by atoms with E-state index in [0.717, 1.165) is 43.0 Å². The van der Waals surface area contributed by atoms with Crippen LogP contribution in [-0.2, 0) is 0 Å². The van der Waals surface area contributed by atoms with Crippen molar-refractivity contribution in [3.63, 3.8) is 0 Å². The maximum atomic E-state index is 4.81. The molecule has 5 rings (SSSR count). The van der Waals surface area contributed by atoms with Crippen LogP contribution in [-0.4, -0.2) is 42.5 Å². The molecule has 0 saturated carbocycles. The van der Waals surface area contributed by atoms with Crippen LogP contribution in [0.15, 0.2) is 66.0 Å². The highest BCUT2D eigenvalue weighted by molar-refractivity contribution is 7.98. The summed E-state index contributed by atoms with van der Waals surface area (Å²) in [6.45, 7) is 10.4. The molecule has 1 aliphatic heterocycles. The molecule has 1 aliphatic rings. The number of anilines is 1. The van der Waals surface area contributed by atoms with Gasteiger partial charge in [0, 0.05) is 36.8 Å². The highest BCUT2D eigenvalue weighted by atomic mass is 32.2. The fourth-order valence-electron chi connectivity index (χ4n) is 4.08. The van der Waals surface area contributed by atoms with Crippen LogP contribution in [0.5, 0.6) is 0 Å². The van der Waals surface area contributed by atoms with E-state index < -0.39 is 0 Å². The van der Waals surface area contributed by atoms with Crippen molar-refractivity contribution in [3.05, 3.63) is 66.6 Å². The van der Waals surface area contributed by atoms with Gasteiger partial charge in [-0.2, -0.15) is 0 Å². The summed E-state index contributed by atoms with van der Waals surface area (Å²) in [5.74, 6) is 0. The summed E-state index contributed by atoms with van der Waals surface area (Å²) in [5, 5.41) is 6.76. The minimum absolute atomic E-state index is 0.942. The highest BCUT2D eigenvalue weighted by Gasteiger charge is 2.18. The first-order chi connectivity index (χ1) is 15.7. The van der Waals surface area contributed by atoms with E-state index >= 15 is 0 Å². The maximum Gasteiger partial charge on any atom is 0.355 e. The van der Waals surface area contributed by atoms with E-state index in [-0.39, 0.29) is 0 Å². The van der Waals surface area contributed by atoms with Crippen molar-refractivity contribution in [3.8, 4) is 22.3 Å². The molecule has 1 fully saturated rings. The lowest BCUT2D eigenvalue weighted by atomic mass is 10.0. The monoisotopic (exact) mass is 446 g/mol. The summed E-state index contributed by atoms with van der Waals surface area (Å²) >= 11 is 1.76. The molecule has 166 valence electrons. The Balaban J connectivity index is 0.00000119. The summed E-state index contributed by atoms with van der Waals surface area (Å²) in [7, 11) is 0. The van der Waals surface area contributed by atoms with Gasteiger partial charge in [-0.3, -0.25) is 0 Å². The molecule has 0 atom stereocenters. The average Bonchev–Trinajstić information content (AvgIpc) is 3.29. The normalized spacial score (nSPS) is 13.7. The molecular formula is C26H32N5S+. The number of thioether (sulfide) groups is 1. The van der Waals surface area contributed by atoms with Crippen molar-refractivity contribution in [1.29, 1.82) is 0 Å². The van der Waals surface area contributed by atoms with Crippen LogP contribution in [0.4, 0.5) is 5.69 Å². The van der Waals surface area contributed by atoms with Crippen LogP contribution in [0.25, 0.3) is 27.9 Å². The second kappa shape index (κ2) is 10.2. The Morgan fingerprint density at radius 2 is 1.72 bits per heavy atom. The molecule has 2 aromatic heterocycles. The minimum Gasteiger partial charge on any atom is -0.369 e. The molecule has 2 N–H and O–H groups in total. The summed E-state index contributed by atoms with van der Waals surface area (Å²) in [6, 6.07) is 15.4. The molecular weight excluding hydrogens is 414 g/mol. The SMILES string of the molecule is CC.CSc1ccc(C)c(-c2c[nH][n+]3cc(-c4ccc(N5CCNCC5)cc4)cnc23)c1. The van der Waals surface area contributed by atoms with Crippen LogP contribution in [0.1, 0.15) is 19.4 Å². The third kappa shape index (κ3) is 4.52. The van der Waals surface area contributed by atoms with Gasteiger partial charge in [-0.05, 0) is 59.1 Å². The molecule has 0 amide bonds. The fraction of sp³-hybridized carbons (Fsp3) is 0.308. The molecule has 4 aromatic rings. The quantitative estimate of drug-likeness (QED) is 0.344. The molecule has 0 bridgehead atoms. The van der Waals surface area contributed by atoms with E-state index in [2.05, 4.69) is 77.2 Å². The fourth-order valence-corrected chi connectivity index (χ4v) is 4.52. The van der Waals surface area contributed by atoms with Crippen LogP contribution < -0.4 is 14.7 Å². The molecule has 0 spiro atoms. The highest BCUT2D eigenvalue weighted by Crippen LogP contribution is 2.30. The number of fused-ring (bicyclic) bond motifs is 1. The van der Waals surface area contributed by atoms with Gasteiger partial charge in [0.2, 0.25) is 0 Å². The van der Waals surface area contributed by atoms with Crippen molar-refractivity contribution >= 4 is 23.1 Å². The van der Waals surface area contributed by atoms with Crippen molar-refractivity contribution in [2.45, 2.75) is 25.7 Å². The van der Waals surface area contributed by atoms with Crippen molar-refractivity contribution in [2.75, 3.05) is 37.3 Å². The maximum absolute atomic E-state index is 4.81. The first-order valence-corrected chi connectivity index (χ1v) is 12.6. The summed E-state index contributed by atoms with van der Waals surface area (Å²) in [6.07, 6.45) is 8.25. The second-order valence-corrected chi connectivity index (χ2v) is 8.57. The molecule has 2 aromatic carbocycles. The van der Waals surface area contributed by atoms with E-state index in [1.165, 1.54) is 27.3 Å². The lowest BCUT2D eigenvalue weighted by Crippen LogP contribution is -2.43. The molecule has 0 aliphatic carbocycles. The van der Waals surface area contributed by atoms with Crippen LogP contribution in [0, 0.1) is 6.92 Å². The predicted octanol–water partition coefficient (Wildman–Crippen LogP) is 4.95. The van der Waals surface area contributed by atoms with Crippen molar-refractivity contribution < 1.29 is 4.52 Å². The van der Waals surface area contributed by atoms with Crippen LogP contribution in [0.2, 0.25) is 0 Å². The smallest absolute Gasteiger partial charge is 0.355 e. The van der Waals surface area contributed by atoms with Gasteiger partial charge in [-0.15, -0.1) is 16.3 Å². The summed E-state index contributed by atoms with van der Waals surface area (Å²) in [4.78, 5) is 8.50. The number of nitrogens with zero attached hydrogens (tertiary/aromatic N) is 3. The number of rotatable bonds is 4. The second-order valence-electron chi connectivity index (χ2n) is 7.69. The van der Waals surface area contributed by atoms with Gasteiger partial charge in [0.25, 0.3) is 0 Å². The number of hydrogen-bond donors (Lipinski definition) is 2. The van der Waals surface area contributed by atoms with Gasteiger partial charge in [0.1, 0.15) is 6.20 Å². The third-order valence-corrected chi connectivity index (χ3v) is 6.55. The summed E-state index contributed by atoms with van der Waals surface area (Å²) < 4.78 is 2.01. The molecule has 0 radical (unpaired) electrons. The molecule has 32 heavy (non-hydrogen) atoms. The minimum atomic E-state index is 0.942. The largest absolute Gasteiger partial charge is 0.369 e. The van der Waals surface area contributed by atoms with Gasteiger partial charge in [0.15, 0.2) is 6.20 Å². The average molecular weight is 447 g/mol.